The molecule has 1 atom stereocenters. The summed E-state index contributed by atoms with van der Waals surface area (Å²) in [4.78, 5) is 0. The first-order chi connectivity index (χ1) is 10.8. The summed E-state index contributed by atoms with van der Waals surface area (Å²) in [6.07, 6.45) is 2.41. The zero-order valence-corrected chi connectivity index (χ0v) is 12.4. The summed E-state index contributed by atoms with van der Waals surface area (Å²) in [7, 11) is 0. The fourth-order valence-electron chi connectivity index (χ4n) is 2.47. The molecule has 2 aromatic rings. The van der Waals surface area contributed by atoms with Gasteiger partial charge in [-0.15, -0.1) is 0 Å². The molecule has 0 unspecified atom stereocenters. The van der Waals surface area contributed by atoms with Crippen LogP contribution in [-0.4, -0.2) is 19.3 Å². The Morgan fingerprint density at radius 1 is 1.18 bits per heavy atom. The van der Waals surface area contributed by atoms with Crippen LogP contribution in [0.15, 0.2) is 48.5 Å². The predicted molar refractivity (Wildman–Crippen MR) is 84.6 cm³/mol. The van der Waals surface area contributed by atoms with Gasteiger partial charge in [0, 0.05) is 24.9 Å². The third-order valence-electron chi connectivity index (χ3n) is 3.70. The number of hydrogen-bond donors (Lipinski definition) is 1. The molecular weight excluding hydrogens is 281 g/mol. The summed E-state index contributed by atoms with van der Waals surface area (Å²) in [6.45, 7) is 2.09. The van der Waals surface area contributed by atoms with E-state index in [-0.39, 0.29) is 11.9 Å². The van der Waals surface area contributed by atoms with E-state index >= 15 is 0 Å². The van der Waals surface area contributed by atoms with Crippen molar-refractivity contribution in [3.8, 4) is 5.75 Å². The van der Waals surface area contributed by atoms with Crippen molar-refractivity contribution in [2.24, 2.45) is 0 Å². The monoisotopic (exact) mass is 301 g/mol. The molecule has 1 N–H and O–H groups in total. The van der Waals surface area contributed by atoms with Crippen molar-refractivity contribution in [2.45, 2.75) is 25.5 Å². The fourth-order valence-corrected chi connectivity index (χ4v) is 2.47. The highest BCUT2D eigenvalue weighted by molar-refractivity contribution is 5.48. The van der Waals surface area contributed by atoms with Crippen LogP contribution in [0.25, 0.3) is 0 Å². The van der Waals surface area contributed by atoms with Gasteiger partial charge in [-0.05, 0) is 42.7 Å². The maximum Gasteiger partial charge on any atom is 0.123 e. The van der Waals surface area contributed by atoms with Crippen LogP contribution in [0.5, 0.6) is 5.75 Å². The lowest BCUT2D eigenvalue weighted by Crippen LogP contribution is -2.16. The van der Waals surface area contributed by atoms with Gasteiger partial charge in [0.05, 0.1) is 6.10 Å². The zero-order valence-electron chi connectivity index (χ0n) is 12.4. The van der Waals surface area contributed by atoms with Crippen LogP contribution < -0.4 is 10.1 Å². The number of anilines is 1. The van der Waals surface area contributed by atoms with Crippen LogP contribution in [0.2, 0.25) is 0 Å². The molecule has 0 saturated carbocycles. The number of hydrogen-bond acceptors (Lipinski definition) is 3. The molecule has 0 aliphatic carbocycles. The normalized spacial score (nSPS) is 17.4. The Balaban J connectivity index is 1.52. The highest BCUT2D eigenvalue weighted by Crippen LogP contribution is 2.20. The third kappa shape index (κ3) is 4.21. The van der Waals surface area contributed by atoms with E-state index in [2.05, 4.69) is 5.32 Å². The fraction of sp³-hybridized carbons (Fsp3) is 0.333. The van der Waals surface area contributed by atoms with Crippen molar-refractivity contribution >= 4 is 5.69 Å². The second kappa shape index (κ2) is 7.27. The Hall–Kier alpha value is -2.07. The van der Waals surface area contributed by atoms with Crippen molar-refractivity contribution in [1.29, 1.82) is 0 Å². The van der Waals surface area contributed by atoms with Gasteiger partial charge in [-0.2, -0.15) is 0 Å². The van der Waals surface area contributed by atoms with Crippen LogP contribution in [-0.2, 0) is 11.3 Å². The van der Waals surface area contributed by atoms with E-state index in [0.29, 0.717) is 13.2 Å². The highest BCUT2D eigenvalue weighted by atomic mass is 19.1. The Morgan fingerprint density at radius 2 is 2.05 bits per heavy atom. The second-order valence-corrected chi connectivity index (χ2v) is 5.45. The summed E-state index contributed by atoms with van der Waals surface area (Å²) in [5.74, 6) is 0.618. The number of ether oxygens (including phenoxy) is 2. The minimum atomic E-state index is -0.215. The molecule has 1 heterocycles. The lowest BCUT2D eigenvalue weighted by molar-refractivity contribution is 0.0680. The van der Waals surface area contributed by atoms with Crippen LogP contribution in [0.1, 0.15) is 18.4 Å². The van der Waals surface area contributed by atoms with Crippen molar-refractivity contribution in [3.63, 3.8) is 0 Å². The van der Waals surface area contributed by atoms with Gasteiger partial charge in [0.2, 0.25) is 0 Å². The van der Waals surface area contributed by atoms with Gasteiger partial charge < -0.3 is 14.8 Å². The molecule has 1 saturated heterocycles. The molecule has 3 rings (SSSR count). The Bertz CT molecular complexity index is 594. The van der Waals surface area contributed by atoms with Crippen LogP contribution >= 0.6 is 0 Å². The maximum absolute atomic E-state index is 12.9. The number of nitrogens with one attached hydrogen (secondary N) is 1. The quantitative estimate of drug-likeness (QED) is 0.875. The van der Waals surface area contributed by atoms with Crippen LogP contribution in [0.4, 0.5) is 10.1 Å². The Morgan fingerprint density at radius 3 is 2.82 bits per heavy atom. The molecule has 1 fully saturated rings. The first kappa shape index (κ1) is 14.9. The van der Waals surface area contributed by atoms with Gasteiger partial charge in [-0.3, -0.25) is 0 Å². The standard InChI is InChI=1S/C18H20FNO2/c19-15-8-6-14(7-9-15)12-20-16-3-1-4-17(11-16)22-13-18-5-2-10-21-18/h1,3-4,6-9,11,18,20H,2,5,10,12-13H2/t18-/m1/s1. The smallest absolute Gasteiger partial charge is 0.123 e. The Kier molecular flexibility index (Phi) is 4.91. The van der Waals surface area contributed by atoms with Gasteiger partial charge in [0.15, 0.2) is 0 Å². The molecule has 0 spiro atoms. The van der Waals surface area contributed by atoms with E-state index in [1.165, 1.54) is 12.1 Å². The summed E-state index contributed by atoms with van der Waals surface area (Å²) >= 11 is 0. The molecular formula is C18H20FNO2. The molecule has 3 nitrogen and oxygen atoms in total. The molecule has 0 aromatic heterocycles. The minimum Gasteiger partial charge on any atom is -0.491 e. The molecule has 22 heavy (non-hydrogen) atoms. The molecule has 0 radical (unpaired) electrons. The average molecular weight is 301 g/mol. The van der Waals surface area contributed by atoms with E-state index in [9.17, 15) is 4.39 Å². The number of halogens is 1. The van der Waals surface area contributed by atoms with E-state index < -0.39 is 0 Å². The average Bonchev–Trinajstić information content (AvgIpc) is 3.06. The SMILES string of the molecule is Fc1ccc(CNc2cccc(OC[C@H]3CCCO3)c2)cc1. The molecule has 0 bridgehead atoms. The van der Waals surface area contributed by atoms with E-state index in [0.717, 1.165) is 36.4 Å². The van der Waals surface area contributed by atoms with Crippen molar-refractivity contribution in [1.82, 2.24) is 0 Å². The molecule has 1 aliphatic rings. The number of rotatable bonds is 6. The zero-order chi connectivity index (χ0) is 15.2. The lowest BCUT2D eigenvalue weighted by atomic mass is 10.2. The molecule has 1 aliphatic heterocycles. The van der Waals surface area contributed by atoms with Crippen molar-refractivity contribution in [2.75, 3.05) is 18.5 Å². The molecule has 0 amide bonds. The first-order valence-electron chi connectivity index (χ1n) is 7.62. The third-order valence-corrected chi connectivity index (χ3v) is 3.70. The highest BCUT2D eigenvalue weighted by Gasteiger charge is 2.15. The summed E-state index contributed by atoms with van der Waals surface area (Å²) in [5.41, 5.74) is 2.02. The van der Waals surface area contributed by atoms with Crippen LogP contribution in [0, 0.1) is 5.82 Å². The second-order valence-electron chi connectivity index (χ2n) is 5.45. The Labute approximate surface area is 130 Å². The van der Waals surface area contributed by atoms with Gasteiger partial charge >= 0.3 is 0 Å². The predicted octanol–water partition coefficient (Wildman–Crippen LogP) is 4.00. The topological polar surface area (TPSA) is 30.5 Å². The van der Waals surface area contributed by atoms with Crippen molar-refractivity contribution < 1.29 is 13.9 Å². The van der Waals surface area contributed by atoms with Crippen LogP contribution in [0.3, 0.4) is 0 Å². The summed E-state index contributed by atoms with van der Waals surface area (Å²) in [5, 5.41) is 3.32. The largest absolute Gasteiger partial charge is 0.491 e. The van der Waals surface area contributed by atoms with E-state index in [1.807, 2.05) is 24.3 Å². The lowest BCUT2D eigenvalue weighted by Gasteiger charge is -2.13. The van der Waals surface area contributed by atoms with Gasteiger partial charge in [-0.25, -0.2) is 4.39 Å². The number of benzene rings is 2. The minimum absolute atomic E-state index is 0.215. The first-order valence-corrected chi connectivity index (χ1v) is 7.62. The van der Waals surface area contributed by atoms with E-state index in [1.54, 1.807) is 12.1 Å². The van der Waals surface area contributed by atoms with Gasteiger partial charge in [-0.1, -0.05) is 18.2 Å². The molecule has 4 heteroatoms. The molecule has 2 aromatic carbocycles. The van der Waals surface area contributed by atoms with E-state index in [4.69, 9.17) is 9.47 Å². The summed E-state index contributed by atoms with van der Waals surface area (Å²) in [6, 6.07) is 14.4. The van der Waals surface area contributed by atoms with Gasteiger partial charge in [0.25, 0.3) is 0 Å². The maximum atomic E-state index is 12.9. The van der Waals surface area contributed by atoms with Gasteiger partial charge in [0.1, 0.15) is 18.2 Å². The summed E-state index contributed by atoms with van der Waals surface area (Å²) < 4.78 is 24.2. The van der Waals surface area contributed by atoms with Crippen molar-refractivity contribution in [3.05, 3.63) is 59.9 Å². The molecule has 116 valence electrons.